The van der Waals surface area contributed by atoms with E-state index in [9.17, 15) is 14.7 Å². The number of aliphatic hydroxyl groups is 1. The Kier molecular flexibility index (Phi) is 5.35. The number of fused-ring (bicyclic) bond motifs is 2. The van der Waals surface area contributed by atoms with E-state index in [1.807, 2.05) is 38.1 Å². The predicted molar refractivity (Wildman–Crippen MR) is 141 cm³/mol. The Hall–Kier alpha value is -3.68. The molecule has 4 aromatic rings. The zero-order valence-corrected chi connectivity index (χ0v) is 21.1. The van der Waals surface area contributed by atoms with Gasteiger partial charge in [-0.05, 0) is 73.0 Å². The van der Waals surface area contributed by atoms with Gasteiger partial charge in [0.1, 0.15) is 17.6 Å². The molecule has 1 fully saturated rings. The molecule has 1 N–H and O–H groups in total. The Morgan fingerprint density at radius 2 is 1.89 bits per heavy atom. The molecule has 8 heteroatoms. The molecule has 0 saturated carbocycles. The number of ketones is 1. The molecule has 6 rings (SSSR count). The summed E-state index contributed by atoms with van der Waals surface area (Å²) in [6, 6.07) is 17.2. The van der Waals surface area contributed by atoms with Gasteiger partial charge in [0.15, 0.2) is 5.13 Å². The van der Waals surface area contributed by atoms with Crippen molar-refractivity contribution in [2.45, 2.75) is 32.4 Å². The highest BCUT2D eigenvalue weighted by Crippen LogP contribution is 2.45. The minimum Gasteiger partial charge on any atom is -0.507 e. The Balaban J connectivity index is 1.53. The predicted octanol–water partition coefficient (Wildman–Crippen LogP) is 6.21. The average Bonchev–Trinajstić information content (AvgIpc) is 3.51. The second-order valence-electron chi connectivity index (χ2n) is 9.14. The number of nitrogens with zero attached hydrogens (tertiary/aromatic N) is 2. The molecule has 2 atom stereocenters. The maximum atomic E-state index is 13.4. The number of hydrogen-bond acceptors (Lipinski definition) is 6. The van der Waals surface area contributed by atoms with Gasteiger partial charge in [-0.2, -0.15) is 0 Å². The number of halogens is 1. The number of thiazole rings is 1. The van der Waals surface area contributed by atoms with Crippen LogP contribution in [0.4, 0.5) is 5.13 Å². The third-order valence-electron chi connectivity index (χ3n) is 6.54. The van der Waals surface area contributed by atoms with Crippen molar-refractivity contribution in [2.75, 3.05) is 4.90 Å². The minimum atomic E-state index is -0.854. The number of aryl methyl sites for hydroxylation is 1. The van der Waals surface area contributed by atoms with Crippen molar-refractivity contribution in [3.05, 3.63) is 93.5 Å². The largest absolute Gasteiger partial charge is 0.507 e. The topological polar surface area (TPSA) is 79.7 Å². The van der Waals surface area contributed by atoms with Crippen molar-refractivity contribution in [3.8, 4) is 5.75 Å². The summed E-state index contributed by atoms with van der Waals surface area (Å²) in [5, 5.41) is 12.4. The van der Waals surface area contributed by atoms with Crippen LogP contribution in [0.15, 0.2) is 66.2 Å². The van der Waals surface area contributed by atoms with E-state index in [0.717, 1.165) is 27.1 Å². The monoisotopic (exact) mass is 516 g/mol. The lowest BCUT2D eigenvalue weighted by Gasteiger charge is -2.23. The van der Waals surface area contributed by atoms with E-state index >= 15 is 0 Å². The molecular formula is C28H21ClN2O4S. The molecule has 0 unspecified atom stereocenters. The van der Waals surface area contributed by atoms with Crippen LogP contribution in [-0.4, -0.2) is 27.9 Å². The molecule has 0 bridgehead atoms. The Labute approximate surface area is 216 Å². The summed E-state index contributed by atoms with van der Waals surface area (Å²) in [7, 11) is 0. The average molecular weight is 517 g/mol. The van der Waals surface area contributed by atoms with E-state index in [2.05, 4.69) is 4.98 Å². The SMILES string of the molecule is Cc1ccc2nc(N3C(=O)C(=O)/C(=C(/O)c4ccc5c(c4)C[C@@H](C)O5)[C@@H]3c3ccc(Cl)cc3)sc2c1. The Morgan fingerprint density at radius 1 is 1.11 bits per heavy atom. The van der Waals surface area contributed by atoms with Crippen molar-refractivity contribution in [3.63, 3.8) is 0 Å². The number of Topliss-reactive ketones (excluding diaryl/α,β-unsaturated/α-hetero) is 1. The van der Waals surface area contributed by atoms with Gasteiger partial charge < -0.3 is 9.84 Å². The van der Waals surface area contributed by atoms with Gasteiger partial charge >= 0.3 is 5.91 Å². The molecule has 1 saturated heterocycles. The zero-order chi connectivity index (χ0) is 25.1. The summed E-state index contributed by atoms with van der Waals surface area (Å²) < 4.78 is 6.68. The summed E-state index contributed by atoms with van der Waals surface area (Å²) in [5.41, 5.74) is 3.89. The molecular weight excluding hydrogens is 496 g/mol. The Bertz CT molecular complexity index is 1590. The number of carbonyl (C=O) groups excluding carboxylic acids is 2. The smallest absolute Gasteiger partial charge is 0.301 e. The van der Waals surface area contributed by atoms with Crippen LogP contribution in [0.25, 0.3) is 16.0 Å². The number of anilines is 1. The molecule has 3 aromatic carbocycles. The molecule has 2 aliphatic heterocycles. The molecule has 36 heavy (non-hydrogen) atoms. The maximum absolute atomic E-state index is 13.4. The fraction of sp³-hybridized carbons (Fsp3) is 0.179. The molecule has 6 nitrogen and oxygen atoms in total. The van der Waals surface area contributed by atoms with Gasteiger partial charge in [-0.15, -0.1) is 0 Å². The van der Waals surface area contributed by atoms with E-state index in [0.29, 0.717) is 27.7 Å². The van der Waals surface area contributed by atoms with Crippen LogP contribution in [0, 0.1) is 6.92 Å². The molecule has 0 radical (unpaired) electrons. The fourth-order valence-electron chi connectivity index (χ4n) is 4.84. The van der Waals surface area contributed by atoms with Crippen LogP contribution in [-0.2, 0) is 16.0 Å². The number of aromatic nitrogens is 1. The van der Waals surface area contributed by atoms with E-state index < -0.39 is 17.7 Å². The van der Waals surface area contributed by atoms with Gasteiger partial charge in [0.05, 0.1) is 21.8 Å². The number of hydrogen-bond donors (Lipinski definition) is 1. The molecule has 0 aliphatic carbocycles. The van der Waals surface area contributed by atoms with Gasteiger partial charge in [-0.1, -0.05) is 41.1 Å². The molecule has 0 spiro atoms. The van der Waals surface area contributed by atoms with Crippen molar-refractivity contribution >= 4 is 55.7 Å². The first-order valence-corrected chi connectivity index (χ1v) is 12.7. The first-order chi connectivity index (χ1) is 17.3. The van der Waals surface area contributed by atoms with E-state index in [-0.39, 0.29) is 17.4 Å². The van der Waals surface area contributed by atoms with E-state index in [1.54, 1.807) is 36.4 Å². The summed E-state index contributed by atoms with van der Waals surface area (Å²) >= 11 is 7.46. The van der Waals surface area contributed by atoms with Gasteiger partial charge in [0.25, 0.3) is 5.78 Å². The third-order valence-corrected chi connectivity index (χ3v) is 7.81. The number of ether oxygens (including phenoxy) is 1. The van der Waals surface area contributed by atoms with Crippen molar-refractivity contribution < 1.29 is 19.4 Å². The highest BCUT2D eigenvalue weighted by atomic mass is 35.5. The quantitative estimate of drug-likeness (QED) is 0.199. The Morgan fingerprint density at radius 3 is 2.67 bits per heavy atom. The number of benzene rings is 3. The van der Waals surface area contributed by atoms with E-state index in [1.165, 1.54) is 16.2 Å². The molecule has 1 amide bonds. The van der Waals surface area contributed by atoms with Gasteiger partial charge in [-0.3, -0.25) is 14.5 Å². The van der Waals surface area contributed by atoms with Crippen molar-refractivity contribution in [2.24, 2.45) is 0 Å². The summed E-state index contributed by atoms with van der Waals surface area (Å²) in [6.07, 6.45) is 0.746. The molecule has 1 aromatic heterocycles. The minimum absolute atomic E-state index is 0.0182. The first-order valence-electron chi connectivity index (χ1n) is 11.5. The highest BCUT2D eigenvalue weighted by Gasteiger charge is 2.48. The standard InChI is InChI=1S/C28H21ClN2O4S/c1-14-3-9-20-22(11-14)36-28(30-20)31-24(16-4-7-19(29)8-5-16)23(26(33)27(31)34)25(32)17-6-10-21-18(13-17)12-15(2)35-21/h3-11,13,15,24,32H,12H2,1-2H3/b25-23+/t15-,24+/m1/s1. The fourth-order valence-corrected chi connectivity index (χ4v) is 6.05. The summed E-state index contributed by atoms with van der Waals surface area (Å²) in [4.78, 5) is 32.9. The second kappa shape index (κ2) is 8.47. The summed E-state index contributed by atoms with van der Waals surface area (Å²) in [5.74, 6) is -0.952. The van der Waals surface area contributed by atoms with Crippen molar-refractivity contribution in [1.29, 1.82) is 0 Å². The number of rotatable bonds is 3. The highest BCUT2D eigenvalue weighted by molar-refractivity contribution is 7.22. The van der Waals surface area contributed by atoms with Crippen LogP contribution in [0.1, 0.15) is 35.2 Å². The van der Waals surface area contributed by atoms with Gasteiger partial charge in [0, 0.05) is 17.0 Å². The van der Waals surface area contributed by atoms with Crippen LogP contribution in [0.3, 0.4) is 0 Å². The second-order valence-corrected chi connectivity index (χ2v) is 10.6. The molecule has 180 valence electrons. The molecule has 2 aliphatic rings. The first kappa shape index (κ1) is 22.8. The maximum Gasteiger partial charge on any atom is 0.301 e. The van der Waals surface area contributed by atoms with Crippen molar-refractivity contribution in [1.82, 2.24) is 4.98 Å². The van der Waals surface area contributed by atoms with Crippen LogP contribution < -0.4 is 9.64 Å². The van der Waals surface area contributed by atoms with Gasteiger partial charge in [-0.25, -0.2) is 4.98 Å². The normalized spacial score (nSPS) is 20.7. The van der Waals surface area contributed by atoms with Crippen LogP contribution in [0.5, 0.6) is 5.75 Å². The lowest BCUT2D eigenvalue weighted by molar-refractivity contribution is -0.132. The number of amides is 1. The van der Waals surface area contributed by atoms with E-state index in [4.69, 9.17) is 16.3 Å². The van der Waals surface area contributed by atoms with Gasteiger partial charge in [0.2, 0.25) is 0 Å². The van der Waals surface area contributed by atoms with Crippen LogP contribution in [0.2, 0.25) is 5.02 Å². The third kappa shape index (κ3) is 3.67. The number of aliphatic hydroxyl groups excluding tert-OH is 1. The lowest BCUT2D eigenvalue weighted by atomic mass is 9.94. The molecule has 3 heterocycles. The van der Waals surface area contributed by atoms with Crippen LogP contribution >= 0.6 is 22.9 Å². The summed E-state index contributed by atoms with van der Waals surface area (Å²) in [6.45, 7) is 3.96. The number of carbonyl (C=O) groups is 2. The zero-order valence-electron chi connectivity index (χ0n) is 19.5. The lowest BCUT2D eigenvalue weighted by Crippen LogP contribution is -2.29.